The second-order valence-electron chi connectivity index (χ2n) is 6.09. The zero-order valence-corrected chi connectivity index (χ0v) is 12.3. The van der Waals surface area contributed by atoms with Gasteiger partial charge in [-0.05, 0) is 42.9 Å². The van der Waals surface area contributed by atoms with Gasteiger partial charge in [-0.1, -0.05) is 12.1 Å². The van der Waals surface area contributed by atoms with Gasteiger partial charge in [-0.15, -0.1) is 0 Å². The molecule has 0 spiro atoms. The first-order chi connectivity index (χ1) is 10.2. The van der Waals surface area contributed by atoms with E-state index in [1.807, 2.05) is 29.2 Å². The Morgan fingerprint density at radius 2 is 2.10 bits per heavy atom. The molecule has 21 heavy (non-hydrogen) atoms. The van der Waals surface area contributed by atoms with Gasteiger partial charge < -0.3 is 9.64 Å². The molecular formula is C17H20N2O2. The number of ether oxygens (including phenoxy) is 1. The summed E-state index contributed by atoms with van der Waals surface area (Å²) < 4.78 is 5.15. The zero-order chi connectivity index (χ0) is 14.9. The van der Waals surface area contributed by atoms with E-state index in [-0.39, 0.29) is 11.3 Å². The minimum absolute atomic E-state index is 0.183. The molecule has 0 bridgehead atoms. The monoisotopic (exact) mass is 284 g/mol. The normalized spacial score (nSPS) is 25.0. The van der Waals surface area contributed by atoms with Crippen molar-refractivity contribution in [2.24, 2.45) is 11.3 Å². The minimum Gasteiger partial charge on any atom is -0.497 e. The van der Waals surface area contributed by atoms with E-state index in [2.05, 4.69) is 6.07 Å². The summed E-state index contributed by atoms with van der Waals surface area (Å²) in [6.45, 7) is 1.39. The van der Waals surface area contributed by atoms with Crippen LogP contribution in [0.15, 0.2) is 24.3 Å². The molecule has 110 valence electrons. The first kappa shape index (κ1) is 13.9. The molecule has 0 radical (unpaired) electrons. The van der Waals surface area contributed by atoms with Gasteiger partial charge in [0.1, 0.15) is 5.75 Å². The fourth-order valence-corrected chi connectivity index (χ4v) is 3.42. The fraction of sp³-hybridized carbons (Fsp3) is 0.529. The molecule has 0 N–H and O–H groups in total. The van der Waals surface area contributed by atoms with Crippen LogP contribution in [0.25, 0.3) is 0 Å². The second kappa shape index (κ2) is 5.40. The Morgan fingerprint density at radius 1 is 1.38 bits per heavy atom. The van der Waals surface area contributed by atoms with E-state index in [1.165, 1.54) is 0 Å². The predicted molar refractivity (Wildman–Crippen MR) is 78.4 cm³/mol. The maximum atomic E-state index is 12.8. The van der Waals surface area contributed by atoms with Gasteiger partial charge in [0, 0.05) is 19.5 Å². The second-order valence-corrected chi connectivity index (χ2v) is 6.09. The SMILES string of the molecule is COc1ccc(CN2CC[C@@](CC#N)(C3CC3)C2=O)cc1. The average Bonchev–Trinajstić information content (AvgIpc) is 3.31. The van der Waals surface area contributed by atoms with Crippen molar-refractivity contribution in [1.82, 2.24) is 4.90 Å². The van der Waals surface area contributed by atoms with Crippen molar-refractivity contribution in [2.75, 3.05) is 13.7 Å². The molecule has 0 unspecified atom stereocenters. The summed E-state index contributed by atoms with van der Waals surface area (Å²) in [7, 11) is 1.64. The Hall–Kier alpha value is -2.02. The van der Waals surface area contributed by atoms with Crippen LogP contribution in [0.5, 0.6) is 5.75 Å². The number of carbonyl (C=O) groups is 1. The molecule has 1 saturated heterocycles. The lowest BCUT2D eigenvalue weighted by atomic mass is 9.78. The third kappa shape index (κ3) is 2.49. The number of hydrogen-bond acceptors (Lipinski definition) is 3. The van der Waals surface area contributed by atoms with Crippen molar-refractivity contribution >= 4 is 5.91 Å². The lowest BCUT2D eigenvalue weighted by Gasteiger charge is -2.25. The molecule has 4 nitrogen and oxygen atoms in total. The fourth-order valence-electron chi connectivity index (χ4n) is 3.42. The lowest BCUT2D eigenvalue weighted by Crippen LogP contribution is -2.35. The molecule has 2 aliphatic rings. The number of methoxy groups -OCH3 is 1. The third-order valence-electron chi connectivity index (χ3n) is 4.83. The summed E-state index contributed by atoms with van der Waals surface area (Å²) >= 11 is 0. The Balaban J connectivity index is 1.72. The van der Waals surface area contributed by atoms with Gasteiger partial charge in [0.25, 0.3) is 0 Å². The molecule has 1 heterocycles. The van der Waals surface area contributed by atoms with Crippen molar-refractivity contribution < 1.29 is 9.53 Å². The topological polar surface area (TPSA) is 53.3 Å². The Kier molecular flexibility index (Phi) is 3.59. The molecule has 2 fully saturated rings. The number of benzene rings is 1. The zero-order valence-electron chi connectivity index (χ0n) is 12.3. The minimum atomic E-state index is -0.388. The van der Waals surface area contributed by atoms with E-state index >= 15 is 0 Å². The quantitative estimate of drug-likeness (QED) is 0.835. The van der Waals surface area contributed by atoms with Gasteiger partial charge in [-0.2, -0.15) is 5.26 Å². The molecule has 1 atom stereocenters. The lowest BCUT2D eigenvalue weighted by molar-refractivity contribution is -0.137. The largest absolute Gasteiger partial charge is 0.497 e. The highest BCUT2D eigenvalue weighted by atomic mass is 16.5. The Bertz CT molecular complexity index is 571. The molecule has 1 saturated carbocycles. The molecule has 1 amide bonds. The molecule has 1 aliphatic carbocycles. The van der Waals surface area contributed by atoms with Crippen LogP contribution in [-0.2, 0) is 11.3 Å². The highest BCUT2D eigenvalue weighted by Gasteiger charge is 2.55. The van der Waals surface area contributed by atoms with Crippen LogP contribution in [0.4, 0.5) is 0 Å². The van der Waals surface area contributed by atoms with Crippen LogP contribution in [0.2, 0.25) is 0 Å². The predicted octanol–water partition coefficient (Wildman–Crippen LogP) is 2.74. The number of nitrogens with zero attached hydrogens (tertiary/aromatic N) is 2. The number of nitriles is 1. The molecule has 0 aromatic heterocycles. The summed E-state index contributed by atoms with van der Waals surface area (Å²) in [4.78, 5) is 14.7. The van der Waals surface area contributed by atoms with Gasteiger partial charge in [-0.3, -0.25) is 4.79 Å². The molecule has 1 aromatic rings. The number of likely N-dealkylation sites (tertiary alicyclic amines) is 1. The van der Waals surface area contributed by atoms with Gasteiger partial charge in [0.05, 0.1) is 18.6 Å². The van der Waals surface area contributed by atoms with Crippen LogP contribution in [-0.4, -0.2) is 24.5 Å². The van der Waals surface area contributed by atoms with Crippen molar-refractivity contribution in [3.63, 3.8) is 0 Å². The highest BCUT2D eigenvalue weighted by molar-refractivity contribution is 5.86. The van der Waals surface area contributed by atoms with E-state index in [4.69, 9.17) is 10.00 Å². The van der Waals surface area contributed by atoms with Crippen molar-refractivity contribution in [3.05, 3.63) is 29.8 Å². The number of rotatable bonds is 5. The molecule has 3 rings (SSSR count). The molecular weight excluding hydrogens is 264 g/mol. The first-order valence-corrected chi connectivity index (χ1v) is 7.49. The first-order valence-electron chi connectivity index (χ1n) is 7.49. The van der Waals surface area contributed by atoms with Crippen LogP contribution < -0.4 is 4.74 Å². The van der Waals surface area contributed by atoms with E-state index < -0.39 is 0 Å². The number of hydrogen-bond donors (Lipinski definition) is 0. The van der Waals surface area contributed by atoms with Crippen LogP contribution in [0, 0.1) is 22.7 Å². The standard InChI is InChI=1S/C17H20N2O2/c1-21-15-6-2-13(3-7-15)12-19-11-9-17(8-10-18,16(19)20)14-4-5-14/h2-3,6-7,14H,4-5,8-9,11-12H2,1H3/t17-/m0/s1. The van der Waals surface area contributed by atoms with Crippen molar-refractivity contribution in [2.45, 2.75) is 32.2 Å². The van der Waals surface area contributed by atoms with Gasteiger partial charge in [-0.25, -0.2) is 0 Å². The van der Waals surface area contributed by atoms with Gasteiger partial charge in [0.2, 0.25) is 5.91 Å². The number of amides is 1. The number of carbonyl (C=O) groups excluding carboxylic acids is 1. The average molecular weight is 284 g/mol. The van der Waals surface area contributed by atoms with Crippen LogP contribution in [0.1, 0.15) is 31.2 Å². The summed E-state index contributed by atoms with van der Waals surface area (Å²) in [5, 5.41) is 9.09. The molecule has 4 heteroatoms. The van der Waals surface area contributed by atoms with E-state index in [9.17, 15) is 4.79 Å². The van der Waals surface area contributed by atoms with E-state index in [0.717, 1.165) is 37.1 Å². The van der Waals surface area contributed by atoms with Crippen LogP contribution in [0.3, 0.4) is 0 Å². The van der Waals surface area contributed by atoms with Crippen molar-refractivity contribution in [1.29, 1.82) is 5.26 Å². The van der Waals surface area contributed by atoms with Gasteiger partial charge >= 0.3 is 0 Å². The summed E-state index contributed by atoms with van der Waals surface area (Å²) in [6.07, 6.45) is 3.41. The molecule has 1 aliphatic heterocycles. The smallest absolute Gasteiger partial charge is 0.230 e. The third-order valence-corrected chi connectivity index (χ3v) is 4.83. The highest BCUT2D eigenvalue weighted by Crippen LogP contribution is 2.53. The summed E-state index contributed by atoms with van der Waals surface area (Å²) in [6, 6.07) is 10.1. The summed E-state index contributed by atoms with van der Waals surface area (Å²) in [5.74, 6) is 1.44. The van der Waals surface area contributed by atoms with E-state index in [1.54, 1.807) is 7.11 Å². The Morgan fingerprint density at radius 3 is 2.67 bits per heavy atom. The van der Waals surface area contributed by atoms with Crippen LogP contribution >= 0.6 is 0 Å². The summed E-state index contributed by atoms with van der Waals surface area (Å²) in [5.41, 5.74) is 0.717. The Labute approximate surface area is 125 Å². The maximum Gasteiger partial charge on any atom is 0.230 e. The maximum absolute atomic E-state index is 12.8. The van der Waals surface area contributed by atoms with Gasteiger partial charge in [0.15, 0.2) is 0 Å². The van der Waals surface area contributed by atoms with E-state index in [0.29, 0.717) is 18.9 Å². The molecule has 1 aromatic carbocycles. The van der Waals surface area contributed by atoms with Crippen molar-refractivity contribution in [3.8, 4) is 11.8 Å².